The predicted octanol–water partition coefficient (Wildman–Crippen LogP) is 4.49. The Morgan fingerprint density at radius 3 is 2.32 bits per heavy atom. The predicted molar refractivity (Wildman–Crippen MR) is 128 cm³/mol. The first-order valence-electron chi connectivity index (χ1n) is 10.0. The molecule has 0 radical (unpaired) electrons. The lowest BCUT2D eigenvalue weighted by atomic mass is 10.0. The third-order valence-corrected chi connectivity index (χ3v) is 5.23. The van der Waals surface area contributed by atoms with Crippen molar-refractivity contribution in [2.45, 2.75) is 12.1 Å². The number of aliphatic hydroxyl groups is 1. The summed E-state index contributed by atoms with van der Waals surface area (Å²) in [7, 11) is 1.83. The average molecular weight is 436 g/mol. The maximum Gasteiger partial charge on any atom is 0.255 e. The molecule has 31 heavy (non-hydrogen) atoms. The van der Waals surface area contributed by atoms with E-state index in [-0.39, 0.29) is 24.4 Å². The molecule has 160 valence electrons. The molecule has 0 spiro atoms. The van der Waals surface area contributed by atoms with Gasteiger partial charge in [0.15, 0.2) is 0 Å². The lowest BCUT2D eigenvalue weighted by Gasteiger charge is -2.26. The second-order valence-corrected chi connectivity index (χ2v) is 7.30. The molecule has 2 atom stereocenters. The number of aliphatic hydroxyl groups excluding tert-OH is 1. The van der Waals surface area contributed by atoms with Crippen LogP contribution in [0.25, 0.3) is 10.9 Å². The maximum atomic E-state index is 12.5. The van der Waals surface area contributed by atoms with Crippen molar-refractivity contribution >= 4 is 34.9 Å². The molecule has 0 unspecified atom stereocenters. The van der Waals surface area contributed by atoms with Crippen molar-refractivity contribution in [1.82, 2.24) is 9.88 Å². The summed E-state index contributed by atoms with van der Waals surface area (Å²) in [4.78, 5) is 12.5. The minimum atomic E-state index is -0.592. The fourth-order valence-electron chi connectivity index (χ4n) is 3.82. The number of hydrogen-bond acceptors (Lipinski definition) is 3. The van der Waals surface area contributed by atoms with E-state index in [1.54, 1.807) is 12.1 Å². The van der Waals surface area contributed by atoms with Crippen molar-refractivity contribution in [1.29, 1.82) is 0 Å². The highest BCUT2D eigenvalue weighted by atomic mass is 35.5. The van der Waals surface area contributed by atoms with Gasteiger partial charge in [-0.15, -0.1) is 12.4 Å². The Bertz CT molecular complexity index is 1130. The molecule has 0 fully saturated rings. The molecule has 6 heteroatoms. The molecular weight excluding hydrogens is 410 g/mol. The zero-order valence-electron chi connectivity index (χ0n) is 17.2. The molecule has 1 amide bonds. The summed E-state index contributed by atoms with van der Waals surface area (Å²) in [5, 5.41) is 17.9. The minimum absolute atomic E-state index is 0. The number of hydrogen-bond donors (Lipinski definition) is 3. The van der Waals surface area contributed by atoms with Gasteiger partial charge in [-0.25, -0.2) is 0 Å². The van der Waals surface area contributed by atoms with Gasteiger partial charge in [0.1, 0.15) is 0 Å². The SMILES string of the molecule is CNC[C@@H](O)[C@H](c1ccccc1)n1ccc2cc(NC(=O)c3ccccc3)ccc21.Cl. The lowest BCUT2D eigenvalue weighted by Crippen LogP contribution is -2.33. The van der Waals surface area contributed by atoms with Gasteiger partial charge in [0, 0.05) is 34.9 Å². The number of amides is 1. The van der Waals surface area contributed by atoms with Gasteiger partial charge in [0.25, 0.3) is 5.91 Å². The van der Waals surface area contributed by atoms with E-state index >= 15 is 0 Å². The summed E-state index contributed by atoms with van der Waals surface area (Å²) in [5.74, 6) is -0.138. The number of halogens is 1. The lowest BCUT2D eigenvalue weighted by molar-refractivity contribution is 0.102. The molecule has 3 aromatic carbocycles. The van der Waals surface area contributed by atoms with Crippen LogP contribution in [-0.2, 0) is 0 Å². The molecule has 0 aliphatic rings. The van der Waals surface area contributed by atoms with Crippen LogP contribution < -0.4 is 10.6 Å². The van der Waals surface area contributed by atoms with Crippen molar-refractivity contribution in [3.8, 4) is 0 Å². The maximum absolute atomic E-state index is 12.5. The Morgan fingerprint density at radius 1 is 0.968 bits per heavy atom. The van der Waals surface area contributed by atoms with Crippen LogP contribution in [0.4, 0.5) is 5.69 Å². The van der Waals surface area contributed by atoms with Gasteiger partial charge in [-0.05, 0) is 49.0 Å². The number of carbonyl (C=O) groups excluding carboxylic acids is 1. The van der Waals surface area contributed by atoms with Crippen molar-refractivity contribution in [2.24, 2.45) is 0 Å². The number of rotatable bonds is 7. The van der Waals surface area contributed by atoms with E-state index in [0.717, 1.165) is 22.2 Å². The molecule has 1 aromatic heterocycles. The van der Waals surface area contributed by atoms with E-state index in [2.05, 4.69) is 15.2 Å². The molecule has 0 saturated heterocycles. The van der Waals surface area contributed by atoms with Gasteiger partial charge < -0.3 is 20.3 Å². The monoisotopic (exact) mass is 435 g/mol. The summed E-state index contributed by atoms with van der Waals surface area (Å²) in [5.41, 5.74) is 3.39. The number of fused-ring (bicyclic) bond motifs is 1. The topological polar surface area (TPSA) is 66.3 Å². The smallest absolute Gasteiger partial charge is 0.255 e. The van der Waals surface area contributed by atoms with Crippen LogP contribution in [0.15, 0.2) is 91.1 Å². The number of anilines is 1. The van der Waals surface area contributed by atoms with Crippen LogP contribution in [0.5, 0.6) is 0 Å². The van der Waals surface area contributed by atoms with E-state index in [0.29, 0.717) is 12.1 Å². The quantitative estimate of drug-likeness (QED) is 0.401. The molecule has 0 aliphatic heterocycles. The molecule has 1 heterocycles. The first-order valence-corrected chi connectivity index (χ1v) is 10.0. The number of nitrogens with one attached hydrogen (secondary N) is 2. The van der Waals surface area contributed by atoms with E-state index in [1.165, 1.54) is 0 Å². The van der Waals surface area contributed by atoms with E-state index < -0.39 is 6.10 Å². The normalized spacial score (nSPS) is 12.7. The van der Waals surface area contributed by atoms with E-state index in [1.807, 2.05) is 86.0 Å². The van der Waals surface area contributed by atoms with Gasteiger partial charge >= 0.3 is 0 Å². The molecule has 4 aromatic rings. The Balaban J connectivity index is 0.00000272. The molecule has 4 rings (SSSR count). The van der Waals surface area contributed by atoms with Crippen LogP contribution in [0, 0.1) is 0 Å². The average Bonchev–Trinajstić information content (AvgIpc) is 3.18. The first-order chi connectivity index (χ1) is 14.7. The van der Waals surface area contributed by atoms with E-state index in [9.17, 15) is 9.90 Å². The molecule has 0 saturated carbocycles. The molecule has 5 nitrogen and oxygen atoms in total. The van der Waals surface area contributed by atoms with E-state index in [4.69, 9.17) is 0 Å². The van der Waals surface area contributed by atoms with Crippen LogP contribution in [0.3, 0.4) is 0 Å². The zero-order chi connectivity index (χ0) is 20.9. The first kappa shape index (κ1) is 22.6. The molecule has 0 aliphatic carbocycles. The number of nitrogens with zero attached hydrogens (tertiary/aromatic N) is 1. The fourth-order valence-corrected chi connectivity index (χ4v) is 3.82. The fraction of sp³-hybridized carbons (Fsp3) is 0.160. The summed E-state index contributed by atoms with van der Waals surface area (Å²) in [6.07, 6.45) is 1.40. The number of likely N-dealkylation sites (N-methyl/N-ethyl adjacent to an activating group) is 1. The minimum Gasteiger partial charge on any atom is -0.389 e. The zero-order valence-corrected chi connectivity index (χ0v) is 18.0. The Labute approximate surface area is 188 Å². The van der Waals surface area contributed by atoms with Crippen molar-refractivity contribution in [2.75, 3.05) is 18.9 Å². The summed E-state index contributed by atoms with van der Waals surface area (Å²) < 4.78 is 2.09. The highest BCUT2D eigenvalue weighted by molar-refractivity contribution is 6.05. The third-order valence-electron chi connectivity index (χ3n) is 5.23. The summed E-state index contributed by atoms with van der Waals surface area (Å²) in [6, 6.07) is 26.8. The second kappa shape index (κ2) is 10.3. The second-order valence-electron chi connectivity index (χ2n) is 7.30. The number of carbonyl (C=O) groups is 1. The van der Waals surface area contributed by atoms with Crippen LogP contribution in [-0.4, -0.2) is 35.3 Å². The standard InChI is InChI=1S/C25H25N3O2.ClH/c1-26-17-23(29)24(18-8-4-2-5-9-18)28-15-14-20-16-21(12-13-22(20)28)27-25(30)19-10-6-3-7-11-19;/h2-16,23-24,26,29H,17H2,1H3,(H,27,30);1H/t23-,24+;/m1./s1. The third kappa shape index (κ3) is 4.97. The highest BCUT2D eigenvalue weighted by Crippen LogP contribution is 2.29. The van der Waals surface area contributed by atoms with Gasteiger partial charge in [-0.2, -0.15) is 0 Å². The van der Waals surface area contributed by atoms with Crippen molar-refractivity contribution < 1.29 is 9.90 Å². The van der Waals surface area contributed by atoms with Crippen molar-refractivity contribution in [3.63, 3.8) is 0 Å². The Morgan fingerprint density at radius 2 is 1.65 bits per heavy atom. The highest BCUT2D eigenvalue weighted by Gasteiger charge is 2.23. The van der Waals surface area contributed by atoms with Gasteiger partial charge in [0.2, 0.25) is 0 Å². The molecule has 3 N–H and O–H groups in total. The van der Waals surface area contributed by atoms with Gasteiger partial charge in [0.05, 0.1) is 12.1 Å². The van der Waals surface area contributed by atoms with Crippen LogP contribution >= 0.6 is 12.4 Å². The number of aromatic nitrogens is 1. The van der Waals surface area contributed by atoms with Gasteiger partial charge in [-0.3, -0.25) is 4.79 Å². The van der Waals surface area contributed by atoms with Gasteiger partial charge in [-0.1, -0.05) is 48.5 Å². The van der Waals surface area contributed by atoms with Crippen molar-refractivity contribution in [3.05, 3.63) is 102 Å². The molecular formula is C25H26ClN3O2. The molecule has 0 bridgehead atoms. The van der Waals surface area contributed by atoms with Crippen LogP contribution in [0.2, 0.25) is 0 Å². The largest absolute Gasteiger partial charge is 0.389 e. The summed E-state index contributed by atoms with van der Waals surface area (Å²) in [6.45, 7) is 0.477. The van der Waals surface area contributed by atoms with Crippen LogP contribution in [0.1, 0.15) is 22.0 Å². The summed E-state index contributed by atoms with van der Waals surface area (Å²) >= 11 is 0. The Kier molecular flexibility index (Phi) is 7.47. The Hall–Kier alpha value is -3.12. The number of benzene rings is 3.